The third-order valence-corrected chi connectivity index (χ3v) is 15.9. The minimum Gasteiger partial charge on any atom is -0.468 e. The summed E-state index contributed by atoms with van der Waals surface area (Å²) in [6, 6.07) is 41.0. The molecule has 6 unspecified atom stereocenters. The Balaban J connectivity index is 1.17. The van der Waals surface area contributed by atoms with E-state index < -0.39 is 0 Å². The summed E-state index contributed by atoms with van der Waals surface area (Å²) in [5, 5.41) is 1.21. The van der Waals surface area contributed by atoms with Gasteiger partial charge in [-0.05, 0) is 160 Å². The molecule has 4 aliphatic carbocycles. The molecule has 0 radical (unpaired) electrons. The zero-order valence-electron chi connectivity index (χ0n) is 35.3. The monoisotopic (exact) mass is 760 g/mol. The Kier molecular flexibility index (Phi) is 7.55. The summed E-state index contributed by atoms with van der Waals surface area (Å²) >= 11 is 0. The summed E-state index contributed by atoms with van der Waals surface area (Å²) in [7, 11) is 0. The van der Waals surface area contributed by atoms with Crippen LogP contribution < -0.4 is 26.4 Å². The highest BCUT2D eigenvalue weighted by Crippen LogP contribution is 2.55. The Labute approximate surface area is 345 Å². The number of anilines is 5. The van der Waals surface area contributed by atoms with E-state index in [0.29, 0.717) is 12.0 Å². The van der Waals surface area contributed by atoms with Gasteiger partial charge in [0, 0.05) is 34.2 Å². The lowest BCUT2D eigenvalue weighted by atomic mass is 9.35. The van der Waals surface area contributed by atoms with Crippen LogP contribution in [-0.4, -0.2) is 12.8 Å². The Bertz CT molecular complexity index is 2610. The van der Waals surface area contributed by atoms with E-state index in [9.17, 15) is 0 Å². The van der Waals surface area contributed by atoms with E-state index in [-0.39, 0.29) is 17.5 Å². The van der Waals surface area contributed by atoms with Crippen molar-refractivity contribution in [2.75, 3.05) is 9.80 Å². The molecule has 0 amide bonds. The third-order valence-electron chi connectivity index (χ3n) is 15.9. The van der Waals surface area contributed by atoms with Gasteiger partial charge in [-0.3, -0.25) is 0 Å². The molecule has 4 saturated carbocycles. The fraction of sp³-hybridized carbons (Fsp3) is 0.407. The molecule has 0 saturated heterocycles. The molecule has 58 heavy (non-hydrogen) atoms. The Morgan fingerprint density at radius 2 is 1.31 bits per heavy atom. The number of nitrogens with zero attached hydrogens (tertiary/aromatic N) is 2. The summed E-state index contributed by atoms with van der Waals surface area (Å²) in [5.41, 5.74) is 18.3. The van der Waals surface area contributed by atoms with Crippen LogP contribution >= 0.6 is 0 Å². The second-order valence-electron chi connectivity index (χ2n) is 21.3. The maximum absolute atomic E-state index is 7.37. The van der Waals surface area contributed by atoms with Gasteiger partial charge in [0.1, 0.15) is 5.58 Å². The van der Waals surface area contributed by atoms with E-state index in [1.54, 1.807) is 5.56 Å². The van der Waals surface area contributed by atoms with Crippen molar-refractivity contribution in [1.29, 1.82) is 0 Å². The number of fused-ring (bicyclic) bond motifs is 10. The van der Waals surface area contributed by atoms with Gasteiger partial charge in [-0.25, -0.2) is 0 Å². The largest absolute Gasteiger partial charge is 0.468 e. The summed E-state index contributed by atoms with van der Waals surface area (Å²) in [6.45, 7) is 13.9. The van der Waals surface area contributed by atoms with Gasteiger partial charge in [-0.15, -0.1) is 0 Å². The first kappa shape index (κ1) is 35.3. The van der Waals surface area contributed by atoms with Crippen LogP contribution in [-0.2, 0) is 10.8 Å². The van der Waals surface area contributed by atoms with Crippen molar-refractivity contribution in [1.82, 2.24) is 0 Å². The standard InChI is InChI=1S/C54H57BN2O/c1-53(2,3)39-17-20-41(21-18-39)56-47-29-38(34-10-8-7-9-11-34)30-48-50(47)55(52-51(56)43-31-40(54(4,5)6)19-23-49(43)58-52)44-28-36(42-26-32-12-14-35(42)24-32)16-22-45(44)57(48)46-27-33-13-15-37(46)25-33/h7-11,16-23,28-33,35,37,42,46H,12-15,24-27H2,1-6H3. The summed E-state index contributed by atoms with van der Waals surface area (Å²) in [4.78, 5) is 5.48. The molecule has 6 aromatic rings. The van der Waals surface area contributed by atoms with Gasteiger partial charge < -0.3 is 14.2 Å². The van der Waals surface area contributed by atoms with Gasteiger partial charge in [0.25, 0.3) is 6.71 Å². The highest BCUT2D eigenvalue weighted by molar-refractivity contribution is 6.99. The van der Waals surface area contributed by atoms with Crippen LogP contribution in [0.4, 0.5) is 28.4 Å². The van der Waals surface area contributed by atoms with Crippen molar-refractivity contribution in [3.05, 3.63) is 120 Å². The molecule has 0 N–H and O–H groups in total. The number of hydrogen-bond donors (Lipinski definition) is 0. The van der Waals surface area contributed by atoms with Crippen molar-refractivity contribution in [2.45, 2.75) is 116 Å². The molecule has 6 atom stereocenters. The second kappa shape index (κ2) is 12.4. The van der Waals surface area contributed by atoms with Gasteiger partial charge in [0.05, 0.1) is 11.3 Å². The van der Waals surface area contributed by atoms with Crippen LogP contribution in [0, 0.1) is 23.7 Å². The van der Waals surface area contributed by atoms with Crippen molar-refractivity contribution >= 4 is 62.7 Å². The minimum atomic E-state index is 0.00351. The molecular formula is C54H57BN2O. The fourth-order valence-electron chi connectivity index (χ4n) is 12.9. The number of benzene rings is 5. The van der Waals surface area contributed by atoms with Crippen molar-refractivity contribution in [2.24, 2.45) is 23.7 Å². The Morgan fingerprint density at radius 3 is 1.98 bits per heavy atom. The van der Waals surface area contributed by atoms with Crippen molar-refractivity contribution in [3.63, 3.8) is 0 Å². The van der Waals surface area contributed by atoms with E-state index >= 15 is 0 Å². The number of furan rings is 1. The van der Waals surface area contributed by atoms with Gasteiger partial charge in [-0.2, -0.15) is 0 Å². The molecule has 4 bridgehead atoms. The zero-order valence-corrected chi connectivity index (χ0v) is 35.3. The molecular weight excluding hydrogens is 703 g/mol. The lowest BCUT2D eigenvalue weighted by Crippen LogP contribution is -2.62. The van der Waals surface area contributed by atoms with Crippen LogP contribution in [0.25, 0.3) is 22.1 Å². The smallest absolute Gasteiger partial charge is 0.297 e. The molecule has 1 aromatic heterocycles. The zero-order chi connectivity index (χ0) is 39.2. The molecule has 12 rings (SSSR count). The lowest BCUT2D eigenvalue weighted by molar-refractivity contribution is 0.413. The predicted octanol–water partition coefficient (Wildman–Crippen LogP) is 12.5. The maximum Gasteiger partial charge on any atom is 0.297 e. The SMILES string of the molecule is CC(C)(C)c1ccc(N2c3cc(-c4ccccc4)cc4c3B(c3cc(C5CC6CCC5C6)ccc3N4C3CC4CCC3C4)c3oc4ccc(C(C)(C)C)cc4c32)cc1. The quantitative estimate of drug-likeness (QED) is 0.167. The lowest BCUT2D eigenvalue weighted by Gasteiger charge is -2.46. The molecule has 3 nitrogen and oxygen atoms in total. The average molecular weight is 761 g/mol. The maximum atomic E-state index is 7.37. The summed E-state index contributed by atoms with van der Waals surface area (Å²) < 4.78 is 7.37. The van der Waals surface area contributed by atoms with E-state index in [4.69, 9.17) is 4.42 Å². The summed E-state index contributed by atoms with van der Waals surface area (Å²) in [5.74, 6) is 3.99. The third kappa shape index (κ3) is 5.25. The average Bonchev–Trinajstić information content (AvgIpc) is 4.08. The van der Waals surface area contributed by atoms with Crippen LogP contribution in [0.5, 0.6) is 0 Å². The molecule has 6 aliphatic rings. The molecule has 3 heterocycles. The van der Waals surface area contributed by atoms with Gasteiger partial charge in [0.15, 0.2) is 0 Å². The van der Waals surface area contributed by atoms with Gasteiger partial charge in [0.2, 0.25) is 0 Å². The Hall–Kier alpha value is -4.70. The number of rotatable bonds is 4. The molecule has 4 fully saturated rings. The minimum absolute atomic E-state index is 0.00351. The highest BCUT2D eigenvalue weighted by atomic mass is 16.3. The van der Waals surface area contributed by atoms with Crippen molar-refractivity contribution in [3.8, 4) is 11.1 Å². The first-order valence-corrected chi connectivity index (χ1v) is 22.6. The topological polar surface area (TPSA) is 19.6 Å². The highest BCUT2D eigenvalue weighted by Gasteiger charge is 2.51. The number of hydrogen-bond acceptors (Lipinski definition) is 3. The van der Waals surface area contributed by atoms with E-state index in [1.165, 1.54) is 118 Å². The van der Waals surface area contributed by atoms with E-state index in [2.05, 4.69) is 154 Å². The van der Waals surface area contributed by atoms with Crippen LogP contribution in [0.1, 0.15) is 116 Å². The van der Waals surface area contributed by atoms with E-state index in [1.807, 2.05) is 0 Å². The van der Waals surface area contributed by atoms with Gasteiger partial charge in [-0.1, -0.05) is 115 Å². The van der Waals surface area contributed by atoms with Crippen LogP contribution in [0.2, 0.25) is 0 Å². The van der Waals surface area contributed by atoms with Crippen LogP contribution in [0.15, 0.2) is 108 Å². The van der Waals surface area contributed by atoms with Crippen LogP contribution in [0.3, 0.4) is 0 Å². The van der Waals surface area contributed by atoms with E-state index in [0.717, 1.165) is 34.9 Å². The molecule has 0 spiro atoms. The normalized spacial score (nSPS) is 25.4. The molecule has 2 aliphatic heterocycles. The Morgan fingerprint density at radius 1 is 0.603 bits per heavy atom. The van der Waals surface area contributed by atoms with Gasteiger partial charge >= 0.3 is 0 Å². The second-order valence-corrected chi connectivity index (χ2v) is 21.3. The molecule has 5 aromatic carbocycles. The molecule has 292 valence electrons. The predicted molar refractivity (Wildman–Crippen MR) is 244 cm³/mol. The first-order valence-electron chi connectivity index (χ1n) is 22.6. The summed E-state index contributed by atoms with van der Waals surface area (Å²) in [6.07, 6.45) is 11.0. The molecule has 4 heteroatoms. The van der Waals surface area contributed by atoms with Crippen molar-refractivity contribution < 1.29 is 4.42 Å². The first-order chi connectivity index (χ1) is 28.0. The fourth-order valence-corrected chi connectivity index (χ4v) is 12.9.